The number of benzene rings is 2. The maximum absolute atomic E-state index is 5.55. The number of hydrogen-bond donors (Lipinski definition) is 2. The van der Waals surface area contributed by atoms with Crippen molar-refractivity contribution < 1.29 is 14.2 Å². The number of para-hydroxylation sites is 1. The topological polar surface area (TPSA) is 102 Å². The van der Waals surface area contributed by atoms with E-state index < -0.39 is 0 Å². The lowest BCUT2D eigenvalue weighted by Crippen LogP contribution is -2.52. The summed E-state index contributed by atoms with van der Waals surface area (Å²) < 4.78 is 18.5. The van der Waals surface area contributed by atoms with Crippen LogP contribution in [0.25, 0.3) is 10.9 Å². The first-order chi connectivity index (χ1) is 18.1. The highest BCUT2D eigenvalue weighted by molar-refractivity contribution is 5.83. The first kappa shape index (κ1) is 25.0. The van der Waals surface area contributed by atoms with Gasteiger partial charge in [0, 0.05) is 36.7 Å². The van der Waals surface area contributed by atoms with Gasteiger partial charge in [0.1, 0.15) is 0 Å². The summed E-state index contributed by atoms with van der Waals surface area (Å²) in [7, 11) is 7.00. The molecular formula is C27H35N7O3. The summed E-state index contributed by atoms with van der Waals surface area (Å²) in [6.45, 7) is 3.25. The maximum atomic E-state index is 5.55. The zero-order valence-corrected chi connectivity index (χ0v) is 22.0. The molecular weight excluding hydrogens is 470 g/mol. The number of methoxy groups -OCH3 is 3. The number of nitrogens with one attached hydrogen (secondary N) is 2. The SMILES string of the molecule is COc1cc(Cn2nnnc2C2(NCCc3c[nH]c4ccccc34)CCN(C)CC2)cc(OC)c1OC. The van der Waals surface area contributed by atoms with Crippen molar-refractivity contribution in [3.63, 3.8) is 0 Å². The Labute approximate surface area is 216 Å². The van der Waals surface area contributed by atoms with Gasteiger partial charge >= 0.3 is 0 Å². The lowest BCUT2D eigenvalue weighted by atomic mass is 9.86. The van der Waals surface area contributed by atoms with Crippen molar-refractivity contribution >= 4 is 10.9 Å². The predicted octanol–water partition coefficient (Wildman–Crippen LogP) is 2.98. The fourth-order valence-electron chi connectivity index (χ4n) is 5.31. The molecule has 4 aromatic rings. The highest BCUT2D eigenvalue weighted by atomic mass is 16.5. The summed E-state index contributed by atoms with van der Waals surface area (Å²) in [6, 6.07) is 12.3. The third-order valence-corrected chi connectivity index (χ3v) is 7.39. The number of ether oxygens (including phenoxy) is 3. The molecule has 0 bridgehead atoms. The van der Waals surface area contributed by atoms with Gasteiger partial charge in [0.25, 0.3) is 0 Å². The van der Waals surface area contributed by atoms with Crippen molar-refractivity contribution in [1.82, 2.24) is 35.4 Å². The van der Waals surface area contributed by atoms with Gasteiger partial charge < -0.3 is 29.4 Å². The monoisotopic (exact) mass is 505 g/mol. The largest absolute Gasteiger partial charge is 0.493 e. The predicted molar refractivity (Wildman–Crippen MR) is 141 cm³/mol. The molecule has 2 aromatic carbocycles. The molecule has 5 rings (SSSR count). The molecule has 1 saturated heterocycles. The van der Waals surface area contributed by atoms with E-state index >= 15 is 0 Å². The van der Waals surface area contributed by atoms with Crippen molar-refractivity contribution in [1.29, 1.82) is 0 Å². The van der Waals surface area contributed by atoms with E-state index in [1.807, 2.05) is 16.8 Å². The fraction of sp³-hybridized carbons (Fsp3) is 0.444. The van der Waals surface area contributed by atoms with Gasteiger partial charge in [0.2, 0.25) is 5.75 Å². The van der Waals surface area contributed by atoms with Crippen molar-refractivity contribution in [2.45, 2.75) is 31.3 Å². The summed E-state index contributed by atoms with van der Waals surface area (Å²) in [5.74, 6) is 2.64. The van der Waals surface area contributed by atoms with Gasteiger partial charge in [0.15, 0.2) is 17.3 Å². The van der Waals surface area contributed by atoms with Gasteiger partial charge in [-0.3, -0.25) is 0 Å². The normalized spacial score (nSPS) is 15.7. The first-order valence-electron chi connectivity index (χ1n) is 12.6. The van der Waals surface area contributed by atoms with E-state index in [4.69, 9.17) is 14.2 Å². The molecule has 1 aliphatic rings. The number of aromatic nitrogens is 5. The van der Waals surface area contributed by atoms with E-state index in [0.29, 0.717) is 23.8 Å². The van der Waals surface area contributed by atoms with Gasteiger partial charge in [0.05, 0.1) is 33.4 Å². The molecule has 0 radical (unpaired) electrons. The molecule has 1 aliphatic heterocycles. The minimum atomic E-state index is -0.317. The maximum Gasteiger partial charge on any atom is 0.203 e. The van der Waals surface area contributed by atoms with Gasteiger partial charge in [-0.25, -0.2) is 4.68 Å². The second-order valence-electron chi connectivity index (χ2n) is 9.62. The van der Waals surface area contributed by atoms with Crippen LogP contribution in [0, 0.1) is 0 Å². The molecule has 1 fully saturated rings. The van der Waals surface area contributed by atoms with Gasteiger partial charge in [-0.05, 0) is 66.1 Å². The second-order valence-corrected chi connectivity index (χ2v) is 9.62. The minimum Gasteiger partial charge on any atom is -0.493 e. The van der Waals surface area contributed by atoms with Crippen LogP contribution in [0.1, 0.15) is 29.8 Å². The van der Waals surface area contributed by atoms with Crippen LogP contribution in [0.4, 0.5) is 0 Å². The van der Waals surface area contributed by atoms with E-state index in [0.717, 1.165) is 50.3 Å². The number of nitrogens with zero attached hydrogens (tertiary/aromatic N) is 5. The molecule has 2 aromatic heterocycles. The average molecular weight is 506 g/mol. The Morgan fingerprint density at radius 3 is 2.46 bits per heavy atom. The zero-order chi connectivity index (χ0) is 25.8. The van der Waals surface area contributed by atoms with Crippen molar-refractivity contribution in [2.24, 2.45) is 0 Å². The highest BCUT2D eigenvalue weighted by Crippen LogP contribution is 2.39. The first-order valence-corrected chi connectivity index (χ1v) is 12.6. The van der Waals surface area contributed by atoms with Gasteiger partial charge in [-0.1, -0.05) is 18.2 Å². The van der Waals surface area contributed by atoms with E-state index in [2.05, 4.69) is 68.2 Å². The van der Waals surface area contributed by atoms with Crippen LogP contribution in [0.15, 0.2) is 42.6 Å². The number of likely N-dealkylation sites (tertiary alicyclic amines) is 1. The van der Waals surface area contributed by atoms with E-state index in [1.54, 1.807) is 21.3 Å². The third-order valence-electron chi connectivity index (χ3n) is 7.39. The highest BCUT2D eigenvalue weighted by Gasteiger charge is 2.39. The summed E-state index contributed by atoms with van der Waals surface area (Å²) in [5, 5.41) is 18.2. The van der Waals surface area contributed by atoms with Crippen LogP contribution in [-0.2, 0) is 18.5 Å². The molecule has 0 spiro atoms. The van der Waals surface area contributed by atoms with Gasteiger partial charge in [-0.2, -0.15) is 0 Å². The van der Waals surface area contributed by atoms with Crippen LogP contribution >= 0.6 is 0 Å². The Kier molecular flexibility index (Phi) is 7.29. The average Bonchev–Trinajstić information content (AvgIpc) is 3.57. The van der Waals surface area contributed by atoms with Crippen LogP contribution in [0.5, 0.6) is 17.2 Å². The van der Waals surface area contributed by atoms with Gasteiger partial charge in [-0.15, -0.1) is 5.10 Å². The molecule has 0 amide bonds. The Balaban J connectivity index is 1.40. The number of fused-ring (bicyclic) bond motifs is 1. The number of H-pyrrole nitrogens is 1. The molecule has 196 valence electrons. The lowest BCUT2D eigenvalue weighted by Gasteiger charge is -2.40. The zero-order valence-electron chi connectivity index (χ0n) is 22.0. The number of piperidine rings is 1. The van der Waals surface area contributed by atoms with Crippen LogP contribution in [-0.4, -0.2) is 78.1 Å². The summed E-state index contributed by atoms with van der Waals surface area (Å²) >= 11 is 0. The standard InChI is InChI=1S/C27H35N7O3/c1-33-13-10-27(11-14-33,29-12-9-20-17-28-22-8-6-5-7-21(20)22)26-30-31-32-34(26)18-19-15-23(35-2)25(37-4)24(16-19)36-3/h5-8,15-17,28-29H,9-14,18H2,1-4H3. The number of hydrogen-bond acceptors (Lipinski definition) is 8. The fourth-order valence-corrected chi connectivity index (χ4v) is 5.31. The number of tetrazole rings is 1. The minimum absolute atomic E-state index is 0.317. The van der Waals surface area contributed by atoms with E-state index in [-0.39, 0.29) is 5.54 Å². The van der Waals surface area contributed by atoms with Crippen LogP contribution in [0.3, 0.4) is 0 Å². The molecule has 0 saturated carbocycles. The van der Waals surface area contributed by atoms with E-state index in [1.165, 1.54) is 16.5 Å². The Hall–Kier alpha value is -3.63. The molecule has 2 N–H and O–H groups in total. The van der Waals surface area contributed by atoms with Crippen molar-refractivity contribution in [2.75, 3.05) is 48.0 Å². The molecule has 10 nitrogen and oxygen atoms in total. The summed E-state index contributed by atoms with van der Waals surface area (Å²) in [4.78, 5) is 5.74. The number of rotatable bonds is 10. The molecule has 0 unspecified atom stereocenters. The Bertz CT molecular complexity index is 1320. The second kappa shape index (κ2) is 10.8. The molecule has 37 heavy (non-hydrogen) atoms. The molecule has 0 aliphatic carbocycles. The smallest absolute Gasteiger partial charge is 0.203 e. The molecule has 3 heterocycles. The molecule has 10 heteroatoms. The van der Waals surface area contributed by atoms with Crippen molar-refractivity contribution in [3.8, 4) is 17.2 Å². The van der Waals surface area contributed by atoms with Crippen LogP contribution < -0.4 is 19.5 Å². The summed E-state index contributed by atoms with van der Waals surface area (Å²) in [5.41, 5.74) is 3.12. The molecule has 0 atom stereocenters. The third kappa shape index (κ3) is 4.99. The van der Waals surface area contributed by atoms with Crippen molar-refractivity contribution in [3.05, 3.63) is 59.5 Å². The lowest BCUT2D eigenvalue weighted by molar-refractivity contribution is 0.144. The van der Waals surface area contributed by atoms with Crippen LogP contribution in [0.2, 0.25) is 0 Å². The summed E-state index contributed by atoms with van der Waals surface area (Å²) in [6.07, 6.45) is 4.87. The number of aromatic amines is 1. The van der Waals surface area contributed by atoms with E-state index in [9.17, 15) is 0 Å². The quantitative estimate of drug-likeness (QED) is 0.339. The Morgan fingerprint density at radius 2 is 1.76 bits per heavy atom. The Morgan fingerprint density at radius 1 is 1.03 bits per heavy atom.